The highest BCUT2D eigenvalue weighted by atomic mass is 15.2. The maximum absolute atomic E-state index is 8.83. The lowest BCUT2D eigenvalue weighted by Crippen LogP contribution is -2.41. The van der Waals surface area contributed by atoms with Crippen molar-refractivity contribution in [2.45, 2.75) is 32.2 Å². The minimum Gasteiger partial charge on any atom is -0.368 e. The summed E-state index contributed by atoms with van der Waals surface area (Å²) in [6.45, 7) is 5.53. The Balaban J connectivity index is 1.84. The second-order valence-electron chi connectivity index (χ2n) is 4.87. The molecule has 4 nitrogen and oxygen atoms in total. The van der Waals surface area contributed by atoms with Gasteiger partial charge in [0, 0.05) is 18.8 Å². The molecule has 0 aromatic carbocycles. The van der Waals surface area contributed by atoms with Crippen molar-refractivity contribution in [1.82, 2.24) is 9.88 Å². The highest BCUT2D eigenvalue weighted by molar-refractivity contribution is 5.42. The number of hydrogen-bond donors (Lipinski definition) is 1. The van der Waals surface area contributed by atoms with Gasteiger partial charge in [-0.05, 0) is 45.0 Å². The van der Waals surface area contributed by atoms with Gasteiger partial charge in [-0.15, -0.1) is 0 Å². The van der Waals surface area contributed by atoms with Crippen LogP contribution in [0.2, 0.25) is 0 Å². The van der Waals surface area contributed by atoms with Crippen LogP contribution in [-0.2, 0) is 0 Å². The first-order chi connectivity index (χ1) is 8.79. The van der Waals surface area contributed by atoms with Gasteiger partial charge in [-0.3, -0.25) is 4.90 Å². The van der Waals surface area contributed by atoms with Crippen LogP contribution in [0.1, 0.15) is 31.7 Å². The molecule has 18 heavy (non-hydrogen) atoms. The van der Waals surface area contributed by atoms with Crippen molar-refractivity contribution in [1.29, 1.82) is 5.26 Å². The summed E-state index contributed by atoms with van der Waals surface area (Å²) in [7, 11) is 0. The molecular formula is C14H20N4. The van der Waals surface area contributed by atoms with Crippen molar-refractivity contribution in [2.75, 3.05) is 25.0 Å². The Morgan fingerprint density at radius 2 is 2.22 bits per heavy atom. The number of rotatable bonds is 4. The fraction of sp³-hybridized carbons (Fsp3) is 0.571. The first-order valence-corrected chi connectivity index (χ1v) is 6.63. The van der Waals surface area contributed by atoms with Gasteiger partial charge in [0.05, 0.1) is 11.6 Å². The van der Waals surface area contributed by atoms with E-state index in [4.69, 9.17) is 5.26 Å². The predicted molar refractivity (Wildman–Crippen MR) is 72.3 cm³/mol. The van der Waals surface area contributed by atoms with Gasteiger partial charge in [0.25, 0.3) is 0 Å². The molecule has 0 saturated carbocycles. The van der Waals surface area contributed by atoms with E-state index in [2.05, 4.69) is 28.2 Å². The lowest BCUT2D eigenvalue weighted by molar-refractivity contribution is 0.180. The Kier molecular flexibility index (Phi) is 4.54. The molecule has 1 saturated heterocycles. The minimum absolute atomic E-state index is 0.512. The third-order valence-corrected chi connectivity index (χ3v) is 3.48. The average molecular weight is 244 g/mol. The highest BCUT2D eigenvalue weighted by Gasteiger charge is 2.16. The Morgan fingerprint density at radius 3 is 2.94 bits per heavy atom. The molecule has 1 aromatic rings. The number of nitrogens with one attached hydrogen (secondary N) is 1. The molecule has 1 aliphatic rings. The minimum atomic E-state index is 0.512. The van der Waals surface area contributed by atoms with Crippen molar-refractivity contribution < 1.29 is 0 Å². The SMILES string of the molecule is CC(CNc1cc(C#N)ccn1)N1CCCCC1. The predicted octanol–water partition coefficient (Wildman–Crippen LogP) is 2.24. The standard InChI is InChI=1S/C14H20N4/c1-12(18-7-3-2-4-8-18)11-17-14-9-13(10-15)5-6-16-14/h5-6,9,12H,2-4,7-8,11H2,1H3,(H,16,17). The summed E-state index contributed by atoms with van der Waals surface area (Å²) in [5.74, 6) is 0.790. The first-order valence-electron chi connectivity index (χ1n) is 6.63. The molecule has 1 aromatic heterocycles. The summed E-state index contributed by atoms with van der Waals surface area (Å²) < 4.78 is 0. The maximum atomic E-state index is 8.83. The van der Waals surface area contributed by atoms with Crippen LogP contribution < -0.4 is 5.32 Å². The van der Waals surface area contributed by atoms with Gasteiger partial charge in [0.15, 0.2) is 0 Å². The summed E-state index contributed by atoms with van der Waals surface area (Å²) in [6.07, 6.45) is 5.66. The summed E-state index contributed by atoms with van der Waals surface area (Å²) in [4.78, 5) is 6.74. The first kappa shape index (κ1) is 12.8. The summed E-state index contributed by atoms with van der Waals surface area (Å²) in [5.41, 5.74) is 0.651. The van der Waals surface area contributed by atoms with Crippen LogP contribution in [0.25, 0.3) is 0 Å². The van der Waals surface area contributed by atoms with Crippen molar-refractivity contribution in [2.24, 2.45) is 0 Å². The Labute approximate surface area is 109 Å². The molecule has 0 aliphatic carbocycles. The molecule has 1 N–H and O–H groups in total. The molecule has 1 fully saturated rings. The number of piperidine rings is 1. The van der Waals surface area contributed by atoms with E-state index in [9.17, 15) is 0 Å². The van der Waals surface area contributed by atoms with E-state index in [1.807, 2.05) is 0 Å². The highest BCUT2D eigenvalue weighted by Crippen LogP contribution is 2.13. The second kappa shape index (κ2) is 6.36. The van der Waals surface area contributed by atoms with Crippen LogP contribution in [-0.4, -0.2) is 35.6 Å². The Morgan fingerprint density at radius 1 is 1.44 bits per heavy atom. The van der Waals surface area contributed by atoms with Crippen molar-refractivity contribution >= 4 is 5.82 Å². The van der Waals surface area contributed by atoms with E-state index in [-0.39, 0.29) is 0 Å². The maximum Gasteiger partial charge on any atom is 0.127 e. The van der Waals surface area contributed by atoms with Gasteiger partial charge in [-0.25, -0.2) is 4.98 Å². The lowest BCUT2D eigenvalue weighted by Gasteiger charge is -2.32. The zero-order valence-corrected chi connectivity index (χ0v) is 10.9. The monoisotopic (exact) mass is 244 g/mol. The normalized spacial score (nSPS) is 18.0. The molecule has 0 amide bonds. The second-order valence-corrected chi connectivity index (χ2v) is 4.87. The zero-order chi connectivity index (χ0) is 12.8. The molecular weight excluding hydrogens is 224 g/mol. The fourth-order valence-corrected chi connectivity index (χ4v) is 2.34. The van der Waals surface area contributed by atoms with Crippen LogP contribution in [0.15, 0.2) is 18.3 Å². The number of pyridine rings is 1. The van der Waals surface area contributed by atoms with Gasteiger partial charge in [0.2, 0.25) is 0 Å². The Hall–Kier alpha value is -1.60. The number of aromatic nitrogens is 1. The molecule has 0 spiro atoms. The third-order valence-electron chi connectivity index (χ3n) is 3.48. The lowest BCUT2D eigenvalue weighted by atomic mass is 10.1. The van der Waals surface area contributed by atoms with E-state index >= 15 is 0 Å². The number of likely N-dealkylation sites (tertiary alicyclic amines) is 1. The summed E-state index contributed by atoms with van der Waals surface area (Å²) in [6, 6.07) is 6.16. The van der Waals surface area contributed by atoms with Crippen molar-refractivity contribution in [3.05, 3.63) is 23.9 Å². The molecule has 1 atom stereocenters. The molecule has 0 bridgehead atoms. The van der Waals surface area contributed by atoms with Crippen molar-refractivity contribution in [3.8, 4) is 6.07 Å². The van der Waals surface area contributed by atoms with Gasteiger partial charge >= 0.3 is 0 Å². The molecule has 1 aliphatic heterocycles. The van der Waals surface area contributed by atoms with Crippen molar-refractivity contribution in [3.63, 3.8) is 0 Å². The molecule has 1 unspecified atom stereocenters. The molecule has 96 valence electrons. The van der Waals surface area contributed by atoms with Crippen LogP contribution in [0, 0.1) is 11.3 Å². The smallest absolute Gasteiger partial charge is 0.127 e. The number of hydrogen-bond acceptors (Lipinski definition) is 4. The van der Waals surface area contributed by atoms with Gasteiger partial charge < -0.3 is 5.32 Å². The van der Waals surface area contributed by atoms with Crippen LogP contribution in [0.5, 0.6) is 0 Å². The van der Waals surface area contributed by atoms with Gasteiger partial charge in [-0.1, -0.05) is 6.42 Å². The van der Waals surface area contributed by atoms with Gasteiger partial charge in [0.1, 0.15) is 5.82 Å². The molecule has 2 rings (SSSR count). The van der Waals surface area contributed by atoms with Crippen LogP contribution >= 0.6 is 0 Å². The number of nitriles is 1. The summed E-state index contributed by atoms with van der Waals surface area (Å²) >= 11 is 0. The fourth-order valence-electron chi connectivity index (χ4n) is 2.34. The van der Waals surface area contributed by atoms with E-state index < -0.39 is 0 Å². The molecule has 4 heteroatoms. The summed E-state index contributed by atoms with van der Waals surface area (Å²) in [5, 5.41) is 12.1. The molecule has 2 heterocycles. The van der Waals surface area contributed by atoms with E-state index in [0.717, 1.165) is 12.4 Å². The number of nitrogens with zero attached hydrogens (tertiary/aromatic N) is 3. The van der Waals surface area contributed by atoms with Gasteiger partial charge in [-0.2, -0.15) is 5.26 Å². The van der Waals surface area contributed by atoms with Crippen LogP contribution in [0.3, 0.4) is 0 Å². The largest absolute Gasteiger partial charge is 0.368 e. The van der Waals surface area contributed by atoms with E-state index in [1.54, 1.807) is 18.3 Å². The average Bonchev–Trinajstić information content (AvgIpc) is 2.46. The molecule has 0 radical (unpaired) electrons. The van der Waals surface area contributed by atoms with E-state index in [0.29, 0.717) is 11.6 Å². The zero-order valence-electron chi connectivity index (χ0n) is 10.9. The van der Waals surface area contributed by atoms with Crippen LogP contribution in [0.4, 0.5) is 5.82 Å². The van der Waals surface area contributed by atoms with E-state index in [1.165, 1.54) is 32.4 Å². The quantitative estimate of drug-likeness (QED) is 0.882. The Bertz CT molecular complexity index is 418. The third kappa shape index (κ3) is 3.44. The topological polar surface area (TPSA) is 52.0 Å². The number of anilines is 1.